The molecule has 2 rings (SSSR count). The number of hydrogen-bond acceptors (Lipinski definition) is 2. The van der Waals surface area contributed by atoms with Crippen LogP contribution in [0.2, 0.25) is 0 Å². The first-order chi connectivity index (χ1) is 8.72. The van der Waals surface area contributed by atoms with Gasteiger partial charge < -0.3 is 0 Å². The zero-order valence-corrected chi connectivity index (χ0v) is 12.4. The Bertz CT molecular complexity index is 397. The highest BCUT2D eigenvalue weighted by atomic mass is 32.2. The van der Waals surface area contributed by atoms with Crippen LogP contribution >= 0.6 is 11.8 Å². The fraction of sp³-hybridized carbons (Fsp3) is 0.562. The molecule has 1 aromatic rings. The Kier molecular flexibility index (Phi) is 4.87. The molecular formula is C16H23NS. The van der Waals surface area contributed by atoms with Crippen LogP contribution in [0.4, 0.5) is 0 Å². The van der Waals surface area contributed by atoms with Crippen LogP contribution in [0.15, 0.2) is 35.3 Å². The van der Waals surface area contributed by atoms with Crippen molar-refractivity contribution in [1.82, 2.24) is 0 Å². The normalized spacial score (nSPS) is 23.4. The van der Waals surface area contributed by atoms with Crippen LogP contribution in [0.1, 0.15) is 51.6 Å². The molecule has 0 radical (unpaired) electrons. The standard InChI is InChI=1S/C16H23NS/c1-4-5-11-14-15(13-9-7-6-8-10-13)17-16(18-14)12(2)3/h6-10,12,14-15H,4-5,11H2,1-3H3/t14-,15-/m0/s1. The number of hydrogen-bond donors (Lipinski definition) is 0. The topological polar surface area (TPSA) is 12.4 Å². The molecule has 1 nitrogen and oxygen atoms in total. The molecule has 0 saturated heterocycles. The number of benzene rings is 1. The lowest BCUT2D eigenvalue weighted by Gasteiger charge is -2.17. The third-order valence-corrected chi connectivity index (χ3v) is 4.98. The van der Waals surface area contributed by atoms with Crippen LogP contribution in [0, 0.1) is 5.92 Å². The van der Waals surface area contributed by atoms with Crippen LogP contribution in [0.25, 0.3) is 0 Å². The molecule has 0 amide bonds. The van der Waals surface area contributed by atoms with Gasteiger partial charge in [0.15, 0.2) is 0 Å². The molecule has 0 aliphatic carbocycles. The van der Waals surface area contributed by atoms with Gasteiger partial charge in [0.1, 0.15) is 0 Å². The van der Waals surface area contributed by atoms with Crippen molar-refractivity contribution < 1.29 is 0 Å². The van der Waals surface area contributed by atoms with Gasteiger partial charge in [0.05, 0.1) is 11.1 Å². The van der Waals surface area contributed by atoms with Crippen LogP contribution in [-0.4, -0.2) is 10.3 Å². The van der Waals surface area contributed by atoms with E-state index >= 15 is 0 Å². The van der Waals surface area contributed by atoms with E-state index in [1.807, 2.05) is 11.8 Å². The van der Waals surface area contributed by atoms with E-state index < -0.39 is 0 Å². The molecule has 0 fully saturated rings. The Hall–Kier alpha value is -0.760. The van der Waals surface area contributed by atoms with Crippen LogP contribution < -0.4 is 0 Å². The number of aliphatic imine (C=N–C) groups is 1. The molecule has 1 aromatic carbocycles. The lowest BCUT2D eigenvalue weighted by molar-refractivity contribution is 0.607. The molecule has 0 unspecified atom stereocenters. The second-order valence-electron chi connectivity index (χ2n) is 5.28. The molecule has 0 spiro atoms. The molecule has 1 heterocycles. The maximum absolute atomic E-state index is 4.97. The summed E-state index contributed by atoms with van der Waals surface area (Å²) in [6, 6.07) is 11.1. The highest BCUT2D eigenvalue weighted by Crippen LogP contribution is 2.42. The average molecular weight is 261 g/mol. The van der Waals surface area contributed by atoms with Crippen molar-refractivity contribution in [3.63, 3.8) is 0 Å². The lowest BCUT2D eigenvalue weighted by Crippen LogP contribution is -2.10. The van der Waals surface area contributed by atoms with Crippen LogP contribution in [0.5, 0.6) is 0 Å². The van der Waals surface area contributed by atoms with Gasteiger partial charge >= 0.3 is 0 Å². The Labute approximate surface area is 115 Å². The third kappa shape index (κ3) is 3.17. The van der Waals surface area contributed by atoms with Crippen molar-refractivity contribution in [2.24, 2.45) is 10.9 Å². The van der Waals surface area contributed by atoms with Gasteiger partial charge in [-0.2, -0.15) is 0 Å². The number of unbranched alkanes of at least 4 members (excludes halogenated alkanes) is 1. The summed E-state index contributed by atoms with van der Waals surface area (Å²) in [6.45, 7) is 6.76. The van der Waals surface area contributed by atoms with E-state index in [0.717, 1.165) is 0 Å². The van der Waals surface area contributed by atoms with Gasteiger partial charge in [0.25, 0.3) is 0 Å². The van der Waals surface area contributed by atoms with Crippen molar-refractivity contribution >= 4 is 16.8 Å². The molecule has 0 bridgehead atoms. The first kappa shape index (κ1) is 13.7. The molecule has 0 saturated carbocycles. The largest absolute Gasteiger partial charge is 0.273 e. The maximum atomic E-state index is 4.97. The van der Waals surface area contributed by atoms with Crippen LogP contribution in [-0.2, 0) is 0 Å². The lowest BCUT2D eigenvalue weighted by atomic mass is 10.0. The Morgan fingerprint density at radius 3 is 2.56 bits per heavy atom. The second kappa shape index (κ2) is 6.42. The third-order valence-electron chi connectivity index (χ3n) is 3.37. The molecule has 0 N–H and O–H groups in total. The van der Waals surface area contributed by atoms with E-state index in [-0.39, 0.29) is 0 Å². The fourth-order valence-corrected chi connectivity index (χ4v) is 3.71. The Balaban J connectivity index is 2.17. The van der Waals surface area contributed by atoms with Gasteiger partial charge in [0.2, 0.25) is 0 Å². The molecule has 18 heavy (non-hydrogen) atoms. The van der Waals surface area contributed by atoms with Gasteiger partial charge in [-0.05, 0) is 12.0 Å². The quantitative estimate of drug-likeness (QED) is 0.719. The first-order valence-corrected chi connectivity index (χ1v) is 7.89. The molecular weight excluding hydrogens is 238 g/mol. The SMILES string of the molecule is CCCC[C@@H]1SC(C(C)C)=N[C@H]1c1ccccc1. The number of thioether (sulfide) groups is 1. The van der Waals surface area contributed by atoms with Gasteiger partial charge in [-0.1, -0.05) is 63.9 Å². The summed E-state index contributed by atoms with van der Waals surface area (Å²) < 4.78 is 0. The molecule has 2 atom stereocenters. The highest BCUT2D eigenvalue weighted by Gasteiger charge is 2.31. The Morgan fingerprint density at radius 2 is 1.94 bits per heavy atom. The average Bonchev–Trinajstić information content (AvgIpc) is 2.81. The van der Waals surface area contributed by atoms with Crippen molar-refractivity contribution in [2.45, 2.75) is 51.3 Å². The minimum absolute atomic E-state index is 0.375. The van der Waals surface area contributed by atoms with Crippen molar-refractivity contribution in [3.8, 4) is 0 Å². The highest BCUT2D eigenvalue weighted by molar-refractivity contribution is 8.14. The minimum Gasteiger partial charge on any atom is -0.273 e. The van der Waals surface area contributed by atoms with E-state index in [0.29, 0.717) is 17.2 Å². The Morgan fingerprint density at radius 1 is 1.22 bits per heavy atom. The summed E-state index contributed by atoms with van der Waals surface area (Å²) in [6.07, 6.45) is 3.86. The van der Waals surface area contributed by atoms with Gasteiger partial charge in [-0.3, -0.25) is 4.99 Å². The van der Waals surface area contributed by atoms with Crippen LogP contribution in [0.3, 0.4) is 0 Å². The summed E-state index contributed by atoms with van der Waals surface area (Å²) in [5.41, 5.74) is 1.38. The van der Waals surface area contributed by atoms with E-state index in [9.17, 15) is 0 Å². The van der Waals surface area contributed by atoms with Crippen molar-refractivity contribution in [3.05, 3.63) is 35.9 Å². The molecule has 98 valence electrons. The maximum Gasteiger partial charge on any atom is 0.0881 e. The second-order valence-corrected chi connectivity index (χ2v) is 6.54. The summed E-state index contributed by atoms with van der Waals surface area (Å²) in [7, 11) is 0. The first-order valence-electron chi connectivity index (χ1n) is 7.01. The predicted octanol–water partition coefficient (Wildman–Crippen LogP) is 5.09. The monoisotopic (exact) mass is 261 g/mol. The number of rotatable bonds is 5. The van der Waals surface area contributed by atoms with Gasteiger partial charge in [-0.25, -0.2) is 0 Å². The van der Waals surface area contributed by atoms with E-state index in [4.69, 9.17) is 4.99 Å². The molecule has 0 aromatic heterocycles. The smallest absolute Gasteiger partial charge is 0.0881 e. The minimum atomic E-state index is 0.375. The van der Waals surface area contributed by atoms with E-state index in [2.05, 4.69) is 51.1 Å². The van der Waals surface area contributed by atoms with E-state index in [1.165, 1.54) is 29.9 Å². The summed E-state index contributed by atoms with van der Waals surface area (Å²) >= 11 is 2.01. The number of nitrogens with zero attached hydrogens (tertiary/aromatic N) is 1. The van der Waals surface area contributed by atoms with Gasteiger partial charge in [-0.15, -0.1) is 11.8 Å². The summed E-state index contributed by atoms with van der Waals surface area (Å²) in [5.74, 6) is 0.563. The van der Waals surface area contributed by atoms with Gasteiger partial charge in [0, 0.05) is 11.2 Å². The summed E-state index contributed by atoms with van der Waals surface area (Å²) in [5, 5.41) is 1.98. The summed E-state index contributed by atoms with van der Waals surface area (Å²) in [4.78, 5) is 4.97. The molecule has 2 heteroatoms. The predicted molar refractivity (Wildman–Crippen MR) is 82.4 cm³/mol. The van der Waals surface area contributed by atoms with Crippen molar-refractivity contribution in [2.75, 3.05) is 0 Å². The van der Waals surface area contributed by atoms with E-state index in [1.54, 1.807) is 0 Å². The zero-order valence-electron chi connectivity index (χ0n) is 11.6. The fourth-order valence-electron chi connectivity index (χ4n) is 2.32. The van der Waals surface area contributed by atoms with Crippen molar-refractivity contribution in [1.29, 1.82) is 0 Å². The molecule has 1 aliphatic rings. The molecule has 1 aliphatic heterocycles. The zero-order chi connectivity index (χ0) is 13.0.